The van der Waals surface area contributed by atoms with Gasteiger partial charge in [0.05, 0.1) is 0 Å². The summed E-state index contributed by atoms with van der Waals surface area (Å²) in [5.41, 5.74) is 1.36. The highest BCUT2D eigenvalue weighted by Gasteiger charge is 1.98. The minimum Gasteiger partial charge on any atom is -0.0798 e. The first-order chi connectivity index (χ1) is 10.3. The van der Waals surface area contributed by atoms with Crippen molar-refractivity contribution in [2.75, 3.05) is 0 Å². The molecule has 0 spiro atoms. The van der Waals surface area contributed by atoms with Crippen LogP contribution in [0.5, 0.6) is 0 Å². The fourth-order valence-electron chi connectivity index (χ4n) is 2.87. The van der Waals surface area contributed by atoms with E-state index in [0.29, 0.717) is 0 Å². The monoisotopic (exact) mass is 305 g/mol. The number of benzene rings is 1. The van der Waals surface area contributed by atoms with Crippen molar-refractivity contribution in [3.63, 3.8) is 0 Å². The van der Waals surface area contributed by atoms with Gasteiger partial charge in [-0.3, -0.25) is 0 Å². The molecule has 21 heavy (non-hydrogen) atoms. The van der Waals surface area contributed by atoms with E-state index in [1.807, 2.05) is 12.1 Å². The molecular weight excluding hydrogens is 272 g/mol. The van der Waals surface area contributed by atoms with Gasteiger partial charge in [0.25, 0.3) is 0 Å². The molecule has 0 aliphatic rings. The average Bonchev–Trinajstić information content (AvgIpc) is 2.50. The van der Waals surface area contributed by atoms with Gasteiger partial charge in [-0.05, 0) is 24.5 Å². The average molecular weight is 306 g/mol. The van der Waals surface area contributed by atoms with Gasteiger partial charge in [-0.15, -0.1) is 0 Å². The van der Waals surface area contributed by atoms with E-state index < -0.39 is 0 Å². The summed E-state index contributed by atoms with van der Waals surface area (Å²) in [4.78, 5) is 1.04. The molecule has 1 heteroatoms. The third-order valence-electron chi connectivity index (χ3n) is 4.27. The Morgan fingerprint density at radius 3 is 1.67 bits per heavy atom. The highest BCUT2D eigenvalue weighted by atomic mass is 32.1. The van der Waals surface area contributed by atoms with Crippen molar-refractivity contribution in [2.24, 2.45) is 0 Å². The summed E-state index contributed by atoms with van der Waals surface area (Å²) in [6.45, 7) is 2.29. The first kappa shape index (κ1) is 18.5. The van der Waals surface area contributed by atoms with E-state index in [9.17, 15) is 0 Å². The van der Waals surface area contributed by atoms with Gasteiger partial charge in [-0.1, -0.05) is 108 Å². The van der Waals surface area contributed by atoms with Crippen LogP contribution >= 0.6 is 12.6 Å². The molecule has 0 fully saturated rings. The van der Waals surface area contributed by atoms with Crippen LogP contribution < -0.4 is 0 Å². The van der Waals surface area contributed by atoms with Crippen molar-refractivity contribution in [3.8, 4) is 0 Å². The molecule has 0 saturated carbocycles. The maximum absolute atomic E-state index is 5.34. The van der Waals surface area contributed by atoms with E-state index in [1.165, 1.54) is 82.6 Å². The largest absolute Gasteiger partial charge is 0.0798 e. The number of hydrogen-bond donors (Lipinski definition) is 0. The van der Waals surface area contributed by atoms with Crippen molar-refractivity contribution in [1.82, 2.24) is 0 Å². The Bertz CT molecular complexity index is 345. The molecular formula is C20H33S. The Morgan fingerprint density at radius 1 is 0.667 bits per heavy atom. The van der Waals surface area contributed by atoms with E-state index in [1.54, 1.807) is 0 Å². The van der Waals surface area contributed by atoms with Gasteiger partial charge in [0, 0.05) is 4.90 Å². The maximum Gasteiger partial charge on any atom is 0.0409 e. The summed E-state index contributed by atoms with van der Waals surface area (Å²) in [6.07, 6.45) is 18.1. The SMILES string of the molecule is CCCCCCCCCCCCCCc1ccccc1[S]. The lowest BCUT2D eigenvalue weighted by molar-refractivity contribution is 0.543. The summed E-state index contributed by atoms with van der Waals surface area (Å²) >= 11 is 5.34. The van der Waals surface area contributed by atoms with Crippen LogP contribution in [-0.4, -0.2) is 0 Å². The van der Waals surface area contributed by atoms with Gasteiger partial charge in [-0.25, -0.2) is 0 Å². The van der Waals surface area contributed by atoms with E-state index in [2.05, 4.69) is 19.1 Å². The molecule has 0 unspecified atom stereocenters. The van der Waals surface area contributed by atoms with Crippen LogP contribution in [0, 0.1) is 0 Å². The van der Waals surface area contributed by atoms with Gasteiger partial charge in [-0.2, -0.15) is 0 Å². The first-order valence-electron chi connectivity index (χ1n) is 9.09. The molecule has 0 N–H and O–H groups in total. The standard InChI is InChI=1S/C20H33S/c1-2-3-4-5-6-7-8-9-10-11-12-13-16-19-17-14-15-18-20(19)21/h14-15,17-18H,2-13,16H2,1H3. The molecule has 0 aliphatic carbocycles. The fourth-order valence-corrected chi connectivity index (χ4v) is 3.12. The highest BCUT2D eigenvalue weighted by molar-refractivity contribution is 7.80. The van der Waals surface area contributed by atoms with E-state index in [4.69, 9.17) is 12.6 Å². The van der Waals surface area contributed by atoms with Crippen LogP contribution in [0.4, 0.5) is 0 Å². The summed E-state index contributed by atoms with van der Waals surface area (Å²) in [5, 5.41) is 0. The van der Waals surface area contributed by atoms with Crippen LogP contribution in [-0.2, 0) is 6.42 Å². The molecule has 0 atom stereocenters. The Balaban J connectivity index is 1.84. The van der Waals surface area contributed by atoms with Crippen molar-refractivity contribution in [2.45, 2.75) is 95.3 Å². The Hall–Kier alpha value is -0.560. The molecule has 0 aliphatic heterocycles. The van der Waals surface area contributed by atoms with Crippen molar-refractivity contribution in [3.05, 3.63) is 29.8 Å². The van der Waals surface area contributed by atoms with Crippen molar-refractivity contribution >= 4 is 12.6 Å². The predicted molar refractivity (Wildman–Crippen MR) is 97.1 cm³/mol. The van der Waals surface area contributed by atoms with Crippen LogP contribution in [0.15, 0.2) is 29.2 Å². The molecule has 1 aromatic rings. The first-order valence-corrected chi connectivity index (χ1v) is 9.50. The maximum atomic E-state index is 5.34. The van der Waals surface area contributed by atoms with Gasteiger partial charge in [0.1, 0.15) is 0 Å². The molecule has 1 aromatic carbocycles. The molecule has 1 radical (unpaired) electrons. The molecule has 0 bridgehead atoms. The topological polar surface area (TPSA) is 0 Å². The highest BCUT2D eigenvalue weighted by Crippen LogP contribution is 2.17. The fraction of sp³-hybridized carbons (Fsp3) is 0.700. The second-order valence-electron chi connectivity index (χ2n) is 6.25. The van der Waals surface area contributed by atoms with Gasteiger partial charge in [0.15, 0.2) is 0 Å². The van der Waals surface area contributed by atoms with Gasteiger partial charge in [0.2, 0.25) is 0 Å². The summed E-state index contributed by atoms with van der Waals surface area (Å²) in [5.74, 6) is 0. The zero-order valence-electron chi connectivity index (χ0n) is 13.9. The zero-order valence-corrected chi connectivity index (χ0v) is 14.7. The number of rotatable bonds is 13. The zero-order chi connectivity index (χ0) is 15.2. The smallest absolute Gasteiger partial charge is 0.0409 e. The van der Waals surface area contributed by atoms with Gasteiger partial charge >= 0.3 is 0 Å². The molecule has 0 nitrogen and oxygen atoms in total. The van der Waals surface area contributed by atoms with E-state index in [0.717, 1.165) is 11.3 Å². The van der Waals surface area contributed by atoms with Crippen molar-refractivity contribution in [1.29, 1.82) is 0 Å². The summed E-state index contributed by atoms with van der Waals surface area (Å²) in [6, 6.07) is 8.37. The van der Waals surface area contributed by atoms with Crippen LogP contribution in [0.1, 0.15) is 89.5 Å². The van der Waals surface area contributed by atoms with Crippen molar-refractivity contribution < 1.29 is 0 Å². The molecule has 1 rings (SSSR count). The minimum absolute atomic E-state index is 1.04. The van der Waals surface area contributed by atoms with Gasteiger partial charge < -0.3 is 0 Å². The molecule has 0 heterocycles. The Labute approximate surface area is 138 Å². The Morgan fingerprint density at radius 2 is 1.14 bits per heavy atom. The molecule has 0 saturated heterocycles. The normalized spacial score (nSPS) is 10.9. The quantitative estimate of drug-likeness (QED) is 0.331. The number of aryl methyl sites for hydroxylation is 1. The lowest BCUT2D eigenvalue weighted by Gasteiger charge is -2.04. The third-order valence-corrected chi connectivity index (χ3v) is 4.67. The minimum atomic E-state index is 1.04. The lowest BCUT2D eigenvalue weighted by atomic mass is 10.0. The second kappa shape index (κ2) is 13.1. The molecule has 119 valence electrons. The second-order valence-corrected chi connectivity index (χ2v) is 6.69. The molecule has 0 amide bonds. The number of unbranched alkanes of at least 4 members (excludes halogenated alkanes) is 11. The Kier molecular flexibility index (Phi) is 11.6. The molecule has 0 aromatic heterocycles. The summed E-state index contributed by atoms with van der Waals surface area (Å²) < 4.78 is 0. The number of hydrogen-bond acceptors (Lipinski definition) is 0. The summed E-state index contributed by atoms with van der Waals surface area (Å²) in [7, 11) is 0. The third kappa shape index (κ3) is 9.90. The van der Waals surface area contributed by atoms with E-state index in [-0.39, 0.29) is 0 Å². The lowest BCUT2D eigenvalue weighted by Crippen LogP contribution is -1.88. The van der Waals surface area contributed by atoms with Crippen LogP contribution in [0.3, 0.4) is 0 Å². The predicted octanol–water partition coefficient (Wildman–Crippen LogP) is 7.49. The van der Waals surface area contributed by atoms with Crippen LogP contribution in [0.25, 0.3) is 0 Å². The van der Waals surface area contributed by atoms with Crippen LogP contribution in [0.2, 0.25) is 0 Å². The van der Waals surface area contributed by atoms with E-state index >= 15 is 0 Å².